The van der Waals surface area contributed by atoms with Crippen molar-refractivity contribution in [2.24, 2.45) is 0 Å². The molecule has 2 rings (SSSR count). The zero-order valence-corrected chi connectivity index (χ0v) is 10.6. The number of hydrogen-bond donors (Lipinski definition) is 1. The average molecular weight is 291 g/mol. The van der Waals surface area contributed by atoms with Crippen LogP contribution < -0.4 is 5.32 Å². The molecule has 0 aliphatic rings. The van der Waals surface area contributed by atoms with Crippen LogP contribution in [0.15, 0.2) is 53.3 Å². The lowest BCUT2D eigenvalue weighted by atomic mass is 10.2. The number of carbonyl (C=O) groups excluding carboxylic acids is 1. The highest BCUT2D eigenvalue weighted by molar-refractivity contribution is 9.10. The van der Waals surface area contributed by atoms with Crippen molar-refractivity contribution < 1.29 is 4.79 Å². The van der Waals surface area contributed by atoms with Gasteiger partial charge in [-0.1, -0.05) is 22.0 Å². The third-order valence-corrected chi connectivity index (χ3v) is 2.81. The van der Waals surface area contributed by atoms with Crippen molar-refractivity contribution in [2.45, 2.75) is 6.54 Å². The highest BCUT2D eigenvalue weighted by atomic mass is 79.9. The Hall–Kier alpha value is -1.68. The van der Waals surface area contributed by atoms with Crippen molar-refractivity contribution in [1.29, 1.82) is 0 Å². The molecule has 1 heterocycles. The molecule has 0 saturated heterocycles. The summed E-state index contributed by atoms with van der Waals surface area (Å²) in [6.45, 7) is 0.489. The zero-order valence-electron chi connectivity index (χ0n) is 9.06. The third-order valence-electron chi connectivity index (χ3n) is 2.28. The predicted octanol–water partition coefficient (Wildman–Crippen LogP) is 2.77. The Kier molecular flexibility index (Phi) is 3.88. The number of amides is 1. The van der Waals surface area contributed by atoms with Gasteiger partial charge in [-0.25, -0.2) is 0 Å². The largest absolute Gasteiger partial charge is 0.348 e. The minimum atomic E-state index is -0.0821. The number of aromatic nitrogens is 1. The molecule has 1 amide bonds. The van der Waals surface area contributed by atoms with Crippen LogP contribution in [0, 0.1) is 0 Å². The minimum Gasteiger partial charge on any atom is -0.348 e. The van der Waals surface area contributed by atoms with Crippen LogP contribution in [0.3, 0.4) is 0 Å². The van der Waals surface area contributed by atoms with Crippen LogP contribution in [0.1, 0.15) is 15.9 Å². The van der Waals surface area contributed by atoms with Crippen LogP contribution in [0.5, 0.6) is 0 Å². The molecule has 4 heteroatoms. The summed E-state index contributed by atoms with van der Waals surface area (Å²) in [5.74, 6) is -0.0821. The quantitative estimate of drug-likeness (QED) is 0.944. The summed E-state index contributed by atoms with van der Waals surface area (Å²) in [4.78, 5) is 15.8. The summed E-state index contributed by atoms with van der Waals surface area (Å²) < 4.78 is 0.960. The van der Waals surface area contributed by atoms with Crippen molar-refractivity contribution in [2.75, 3.05) is 0 Å². The Bertz CT molecular complexity index is 497. The number of pyridine rings is 1. The Balaban J connectivity index is 1.96. The first-order valence-electron chi connectivity index (χ1n) is 5.18. The maximum Gasteiger partial charge on any atom is 0.251 e. The average Bonchev–Trinajstić information content (AvgIpc) is 2.38. The van der Waals surface area contributed by atoms with Gasteiger partial charge in [0, 0.05) is 29.0 Å². The van der Waals surface area contributed by atoms with E-state index >= 15 is 0 Å². The molecule has 86 valence electrons. The van der Waals surface area contributed by atoms with Gasteiger partial charge >= 0.3 is 0 Å². The lowest BCUT2D eigenvalue weighted by Crippen LogP contribution is -2.22. The van der Waals surface area contributed by atoms with Gasteiger partial charge in [0.1, 0.15) is 0 Å². The van der Waals surface area contributed by atoms with Gasteiger partial charge in [0.15, 0.2) is 0 Å². The molecule has 1 aromatic carbocycles. The maximum absolute atomic E-state index is 11.8. The van der Waals surface area contributed by atoms with Crippen molar-refractivity contribution in [3.63, 3.8) is 0 Å². The van der Waals surface area contributed by atoms with Crippen LogP contribution in [0.4, 0.5) is 0 Å². The topological polar surface area (TPSA) is 42.0 Å². The highest BCUT2D eigenvalue weighted by Gasteiger charge is 2.04. The molecule has 0 unspecified atom stereocenters. The second-order valence-electron chi connectivity index (χ2n) is 3.55. The van der Waals surface area contributed by atoms with E-state index in [-0.39, 0.29) is 5.91 Å². The minimum absolute atomic E-state index is 0.0821. The Morgan fingerprint density at radius 2 is 2.00 bits per heavy atom. The molecule has 1 N–H and O–H groups in total. The molecule has 0 aliphatic carbocycles. The first-order valence-corrected chi connectivity index (χ1v) is 5.97. The molecular formula is C13H11BrN2O. The van der Waals surface area contributed by atoms with Crippen molar-refractivity contribution >= 4 is 21.8 Å². The molecule has 0 aliphatic heterocycles. The van der Waals surface area contributed by atoms with Gasteiger partial charge in [0.2, 0.25) is 0 Å². The fourth-order valence-electron chi connectivity index (χ4n) is 1.39. The Labute approximate surface area is 108 Å². The molecule has 0 bridgehead atoms. The summed E-state index contributed by atoms with van der Waals surface area (Å²) in [5.41, 5.74) is 1.63. The summed E-state index contributed by atoms with van der Waals surface area (Å²) >= 11 is 3.33. The lowest BCUT2D eigenvalue weighted by Gasteiger charge is -2.04. The van der Waals surface area contributed by atoms with Gasteiger partial charge in [-0.3, -0.25) is 9.78 Å². The van der Waals surface area contributed by atoms with E-state index in [1.165, 1.54) is 0 Å². The number of benzene rings is 1. The van der Waals surface area contributed by atoms with Gasteiger partial charge in [-0.05, 0) is 35.9 Å². The van der Waals surface area contributed by atoms with E-state index in [0.29, 0.717) is 12.1 Å². The highest BCUT2D eigenvalue weighted by Crippen LogP contribution is 2.10. The summed E-state index contributed by atoms with van der Waals surface area (Å²) in [7, 11) is 0. The Morgan fingerprint density at radius 3 is 2.65 bits per heavy atom. The van der Waals surface area contributed by atoms with E-state index in [1.807, 2.05) is 24.3 Å². The van der Waals surface area contributed by atoms with Crippen LogP contribution in [0.2, 0.25) is 0 Å². The number of halogens is 1. The fourth-order valence-corrected chi connectivity index (χ4v) is 1.65. The van der Waals surface area contributed by atoms with E-state index in [0.717, 1.165) is 10.0 Å². The second-order valence-corrected chi connectivity index (χ2v) is 4.47. The van der Waals surface area contributed by atoms with Crippen LogP contribution >= 0.6 is 15.9 Å². The molecular weight excluding hydrogens is 280 g/mol. The Morgan fingerprint density at radius 1 is 1.24 bits per heavy atom. The molecule has 1 aromatic heterocycles. The van der Waals surface area contributed by atoms with Gasteiger partial charge in [0.05, 0.1) is 0 Å². The third kappa shape index (κ3) is 3.39. The standard InChI is InChI=1S/C13H11BrN2O/c14-12-5-3-11(4-6-12)13(17)16-9-10-2-1-7-15-8-10/h1-8H,9H2,(H,16,17). The van der Waals surface area contributed by atoms with E-state index in [1.54, 1.807) is 24.5 Å². The van der Waals surface area contributed by atoms with Crippen LogP contribution in [0.25, 0.3) is 0 Å². The summed E-state index contributed by atoms with van der Waals surface area (Å²) in [5, 5.41) is 2.84. The van der Waals surface area contributed by atoms with E-state index in [2.05, 4.69) is 26.2 Å². The number of nitrogens with zero attached hydrogens (tertiary/aromatic N) is 1. The van der Waals surface area contributed by atoms with Crippen molar-refractivity contribution in [3.8, 4) is 0 Å². The summed E-state index contributed by atoms with van der Waals surface area (Å²) in [6, 6.07) is 11.0. The van der Waals surface area contributed by atoms with E-state index in [4.69, 9.17) is 0 Å². The predicted molar refractivity (Wildman–Crippen MR) is 69.5 cm³/mol. The fraction of sp³-hybridized carbons (Fsp3) is 0.0769. The molecule has 0 spiro atoms. The smallest absolute Gasteiger partial charge is 0.251 e. The van der Waals surface area contributed by atoms with Crippen molar-refractivity contribution in [1.82, 2.24) is 10.3 Å². The van der Waals surface area contributed by atoms with Crippen LogP contribution in [-0.2, 0) is 6.54 Å². The monoisotopic (exact) mass is 290 g/mol. The van der Waals surface area contributed by atoms with Gasteiger partial charge in [-0.2, -0.15) is 0 Å². The molecule has 17 heavy (non-hydrogen) atoms. The van der Waals surface area contributed by atoms with E-state index in [9.17, 15) is 4.79 Å². The van der Waals surface area contributed by atoms with Gasteiger partial charge in [-0.15, -0.1) is 0 Å². The lowest BCUT2D eigenvalue weighted by molar-refractivity contribution is 0.0951. The van der Waals surface area contributed by atoms with Gasteiger partial charge in [0.25, 0.3) is 5.91 Å². The molecule has 0 saturated carbocycles. The molecule has 0 atom stereocenters. The SMILES string of the molecule is O=C(NCc1cccnc1)c1ccc(Br)cc1. The van der Waals surface area contributed by atoms with Gasteiger partial charge < -0.3 is 5.32 Å². The second kappa shape index (κ2) is 5.59. The normalized spacial score (nSPS) is 9.94. The zero-order chi connectivity index (χ0) is 12.1. The first-order chi connectivity index (χ1) is 8.25. The number of nitrogens with one attached hydrogen (secondary N) is 1. The molecule has 3 nitrogen and oxygen atoms in total. The number of carbonyl (C=O) groups is 1. The molecule has 0 radical (unpaired) electrons. The van der Waals surface area contributed by atoms with E-state index < -0.39 is 0 Å². The summed E-state index contributed by atoms with van der Waals surface area (Å²) in [6.07, 6.45) is 3.45. The maximum atomic E-state index is 11.8. The van der Waals surface area contributed by atoms with Crippen LogP contribution in [-0.4, -0.2) is 10.9 Å². The molecule has 0 fully saturated rings. The number of hydrogen-bond acceptors (Lipinski definition) is 2. The molecule has 2 aromatic rings. The van der Waals surface area contributed by atoms with Crippen molar-refractivity contribution in [3.05, 3.63) is 64.4 Å². The number of rotatable bonds is 3. The first kappa shape index (κ1) is 11.8.